The van der Waals surface area contributed by atoms with Crippen LogP contribution in [0.3, 0.4) is 0 Å². The lowest BCUT2D eigenvalue weighted by molar-refractivity contribution is -0.385. The van der Waals surface area contributed by atoms with Crippen molar-refractivity contribution in [2.75, 3.05) is 11.9 Å². The molecule has 1 amide bonds. The van der Waals surface area contributed by atoms with Crippen molar-refractivity contribution < 1.29 is 24.2 Å². The number of nitrogens with zero attached hydrogens (tertiary/aromatic N) is 3. The molecule has 0 aliphatic heterocycles. The molecular formula is C21H15N3O7. The van der Waals surface area contributed by atoms with Gasteiger partial charge in [-0.3, -0.25) is 25.0 Å². The van der Waals surface area contributed by atoms with Gasteiger partial charge < -0.3 is 9.64 Å². The highest BCUT2D eigenvalue weighted by Gasteiger charge is 2.20. The van der Waals surface area contributed by atoms with Crippen molar-refractivity contribution in [2.24, 2.45) is 0 Å². The number of carbonyl (C=O) groups is 2. The Hall–Kier alpha value is -4.60. The summed E-state index contributed by atoms with van der Waals surface area (Å²) in [6.07, 6.45) is 0. The molecule has 0 spiro atoms. The van der Waals surface area contributed by atoms with E-state index in [9.17, 15) is 29.8 Å². The van der Waals surface area contributed by atoms with Crippen molar-refractivity contribution in [3.63, 3.8) is 0 Å². The number of amides is 1. The van der Waals surface area contributed by atoms with Crippen molar-refractivity contribution >= 4 is 28.9 Å². The normalized spacial score (nSPS) is 10.2. The van der Waals surface area contributed by atoms with E-state index in [0.29, 0.717) is 5.69 Å². The largest absolute Gasteiger partial charge is 0.421 e. The fraction of sp³-hybridized carbons (Fsp3) is 0.0476. The maximum absolute atomic E-state index is 12.8. The lowest BCUT2D eigenvalue weighted by Gasteiger charge is -2.20. The van der Waals surface area contributed by atoms with Gasteiger partial charge in [-0.05, 0) is 36.4 Å². The third-order valence-electron chi connectivity index (χ3n) is 4.37. The van der Waals surface area contributed by atoms with E-state index in [1.54, 1.807) is 18.2 Å². The topological polar surface area (TPSA) is 133 Å². The zero-order valence-corrected chi connectivity index (χ0v) is 16.1. The SMILES string of the molecule is CN(C(=O)c1ccc([N+](=O)[O-])cc1)c1ccccc1OC(=O)c1ccc([N+](=O)[O-])cc1. The fourth-order valence-corrected chi connectivity index (χ4v) is 2.73. The quantitative estimate of drug-likeness (QED) is 0.254. The maximum Gasteiger partial charge on any atom is 0.343 e. The van der Waals surface area contributed by atoms with Gasteiger partial charge in [-0.1, -0.05) is 12.1 Å². The van der Waals surface area contributed by atoms with E-state index in [2.05, 4.69) is 0 Å². The molecule has 0 atom stereocenters. The molecule has 0 saturated carbocycles. The van der Waals surface area contributed by atoms with Gasteiger partial charge in [0.25, 0.3) is 17.3 Å². The summed E-state index contributed by atoms with van der Waals surface area (Å²) >= 11 is 0. The highest BCUT2D eigenvalue weighted by Crippen LogP contribution is 2.29. The molecule has 31 heavy (non-hydrogen) atoms. The van der Waals surface area contributed by atoms with Crippen LogP contribution in [0.4, 0.5) is 17.1 Å². The Bertz CT molecular complexity index is 1160. The molecule has 0 N–H and O–H groups in total. The average Bonchev–Trinajstić information content (AvgIpc) is 2.78. The summed E-state index contributed by atoms with van der Waals surface area (Å²) in [7, 11) is 1.47. The number of hydrogen-bond donors (Lipinski definition) is 0. The van der Waals surface area contributed by atoms with E-state index in [1.807, 2.05) is 0 Å². The number of esters is 1. The van der Waals surface area contributed by atoms with Crippen LogP contribution < -0.4 is 9.64 Å². The van der Waals surface area contributed by atoms with E-state index >= 15 is 0 Å². The van der Waals surface area contributed by atoms with Crippen molar-refractivity contribution in [1.82, 2.24) is 0 Å². The second-order valence-corrected chi connectivity index (χ2v) is 6.33. The molecule has 3 rings (SSSR count). The minimum atomic E-state index is -0.751. The van der Waals surface area contributed by atoms with E-state index < -0.39 is 21.7 Å². The number of ether oxygens (including phenoxy) is 1. The maximum atomic E-state index is 12.8. The molecule has 0 fully saturated rings. The zero-order chi connectivity index (χ0) is 22.5. The fourth-order valence-electron chi connectivity index (χ4n) is 2.73. The lowest BCUT2D eigenvalue weighted by atomic mass is 10.1. The number of nitro groups is 2. The van der Waals surface area contributed by atoms with Crippen LogP contribution in [0, 0.1) is 20.2 Å². The number of carbonyl (C=O) groups excluding carboxylic acids is 2. The molecule has 0 unspecified atom stereocenters. The summed E-state index contributed by atoms with van der Waals surface area (Å²) in [6.45, 7) is 0. The summed E-state index contributed by atoms with van der Waals surface area (Å²) in [4.78, 5) is 46.9. The van der Waals surface area contributed by atoms with Gasteiger partial charge >= 0.3 is 5.97 Å². The molecule has 0 radical (unpaired) electrons. The first-order valence-corrected chi connectivity index (χ1v) is 8.86. The number of benzene rings is 3. The number of para-hydroxylation sites is 2. The standard InChI is InChI=1S/C21H15N3O7/c1-22(20(25)14-6-10-16(11-7-14)23(27)28)18-4-2-3-5-19(18)31-21(26)15-8-12-17(13-9-15)24(29)30/h2-13H,1H3. The van der Waals surface area contributed by atoms with Crippen molar-refractivity contribution in [2.45, 2.75) is 0 Å². The molecule has 3 aromatic carbocycles. The molecule has 10 heteroatoms. The van der Waals surface area contributed by atoms with Crippen LogP contribution in [0.5, 0.6) is 5.75 Å². The molecule has 0 aliphatic rings. The van der Waals surface area contributed by atoms with Crippen LogP contribution in [0.2, 0.25) is 0 Å². The van der Waals surface area contributed by atoms with Gasteiger partial charge in [0.2, 0.25) is 0 Å². The first-order valence-electron chi connectivity index (χ1n) is 8.86. The molecule has 10 nitrogen and oxygen atoms in total. The predicted molar refractivity (Wildman–Crippen MR) is 110 cm³/mol. The zero-order valence-electron chi connectivity index (χ0n) is 16.1. The van der Waals surface area contributed by atoms with Gasteiger partial charge in [-0.15, -0.1) is 0 Å². The number of nitro benzene ring substituents is 2. The van der Waals surface area contributed by atoms with Gasteiger partial charge in [-0.2, -0.15) is 0 Å². The van der Waals surface area contributed by atoms with Gasteiger partial charge in [0.1, 0.15) is 0 Å². The summed E-state index contributed by atoms with van der Waals surface area (Å²) in [6, 6.07) is 16.4. The first kappa shape index (κ1) is 21.1. The highest BCUT2D eigenvalue weighted by molar-refractivity contribution is 6.07. The molecule has 0 heterocycles. The van der Waals surface area contributed by atoms with E-state index in [0.717, 1.165) is 0 Å². The average molecular weight is 421 g/mol. The van der Waals surface area contributed by atoms with E-state index in [-0.39, 0.29) is 28.3 Å². The first-order chi connectivity index (χ1) is 14.8. The third kappa shape index (κ3) is 4.70. The van der Waals surface area contributed by atoms with Crippen molar-refractivity contribution in [1.29, 1.82) is 0 Å². The van der Waals surface area contributed by atoms with Crippen molar-refractivity contribution in [3.8, 4) is 5.75 Å². The summed E-state index contributed by atoms with van der Waals surface area (Å²) in [5.41, 5.74) is 0.303. The monoisotopic (exact) mass is 421 g/mol. The van der Waals surface area contributed by atoms with Gasteiger partial charge in [0, 0.05) is 36.9 Å². The van der Waals surface area contributed by atoms with Crippen LogP contribution in [0.25, 0.3) is 0 Å². The summed E-state index contributed by atoms with van der Waals surface area (Å²) < 4.78 is 5.40. The second-order valence-electron chi connectivity index (χ2n) is 6.33. The Kier molecular flexibility index (Phi) is 6.01. The van der Waals surface area contributed by atoms with Gasteiger partial charge in [0.15, 0.2) is 5.75 Å². The second kappa shape index (κ2) is 8.82. The summed E-state index contributed by atoms with van der Waals surface area (Å²) in [5.74, 6) is -1.11. The van der Waals surface area contributed by atoms with Crippen LogP contribution in [0.15, 0.2) is 72.8 Å². The number of rotatable bonds is 6. The van der Waals surface area contributed by atoms with E-state index in [4.69, 9.17) is 4.74 Å². The smallest absolute Gasteiger partial charge is 0.343 e. The Morgan fingerprint density at radius 3 is 1.77 bits per heavy atom. The van der Waals surface area contributed by atoms with Crippen molar-refractivity contribution in [3.05, 3.63) is 104 Å². The molecule has 0 aromatic heterocycles. The van der Waals surface area contributed by atoms with Gasteiger partial charge in [0.05, 0.1) is 21.1 Å². The third-order valence-corrected chi connectivity index (χ3v) is 4.37. The summed E-state index contributed by atoms with van der Waals surface area (Å²) in [5, 5.41) is 21.5. The predicted octanol–water partition coefficient (Wildman–Crippen LogP) is 4.00. The number of hydrogen-bond acceptors (Lipinski definition) is 7. The molecule has 3 aromatic rings. The van der Waals surface area contributed by atoms with Crippen LogP contribution in [-0.4, -0.2) is 28.8 Å². The Labute approximate surface area is 175 Å². The minimum Gasteiger partial charge on any atom is -0.421 e. The van der Waals surface area contributed by atoms with E-state index in [1.165, 1.54) is 66.5 Å². The molecule has 0 aliphatic carbocycles. The van der Waals surface area contributed by atoms with Crippen LogP contribution in [0.1, 0.15) is 20.7 Å². The van der Waals surface area contributed by atoms with Crippen LogP contribution >= 0.6 is 0 Å². The molecule has 0 saturated heterocycles. The van der Waals surface area contributed by atoms with Gasteiger partial charge in [-0.25, -0.2) is 4.79 Å². The minimum absolute atomic E-state index is 0.101. The number of non-ortho nitro benzene ring substituents is 2. The molecular weight excluding hydrogens is 406 g/mol. The molecule has 156 valence electrons. The number of anilines is 1. The Morgan fingerprint density at radius 1 is 0.774 bits per heavy atom. The molecule has 0 bridgehead atoms. The van der Waals surface area contributed by atoms with Crippen LogP contribution in [-0.2, 0) is 0 Å². The highest BCUT2D eigenvalue weighted by atomic mass is 16.6. The Morgan fingerprint density at radius 2 is 1.26 bits per heavy atom. The Balaban J connectivity index is 1.81. The lowest BCUT2D eigenvalue weighted by Crippen LogP contribution is -2.27.